The lowest BCUT2D eigenvalue weighted by molar-refractivity contribution is -0.142. The van der Waals surface area contributed by atoms with Crippen molar-refractivity contribution >= 4 is 5.97 Å². The quantitative estimate of drug-likeness (QED) is 0.836. The number of benzene rings is 1. The molecular formula is C15H23NO2. The average Bonchev–Trinajstić information content (AvgIpc) is 2.37. The Morgan fingerprint density at radius 3 is 1.78 bits per heavy atom. The number of carbonyl (C=O) groups excluding carboxylic acids is 1. The van der Waals surface area contributed by atoms with Crippen molar-refractivity contribution in [2.24, 2.45) is 5.73 Å². The van der Waals surface area contributed by atoms with E-state index in [2.05, 4.69) is 39.4 Å². The molecule has 1 aromatic carbocycles. The molecular weight excluding hydrogens is 226 g/mol. The molecule has 18 heavy (non-hydrogen) atoms. The van der Waals surface area contributed by atoms with E-state index in [9.17, 15) is 4.79 Å². The van der Waals surface area contributed by atoms with E-state index in [-0.39, 0.29) is 5.97 Å². The van der Waals surface area contributed by atoms with E-state index in [1.165, 1.54) is 40.5 Å². The van der Waals surface area contributed by atoms with E-state index >= 15 is 0 Å². The topological polar surface area (TPSA) is 52.3 Å². The highest BCUT2D eigenvalue weighted by atomic mass is 16.5. The van der Waals surface area contributed by atoms with Gasteiger partial charge in [-0.3, -0.25) is 4.79 Å². The standard InChI is InChI=1S/C15H23NO2/c1-8-9(2)11(4)13(12(5)10(8)3)7-14(16)15(17)18-6/h14H,7,16H2,1-6H3/t14-/m1/s1. The van der Waals surface area contributed by atoms with Crippen molar-refractivity contribution in [1.82, 2.24) is 0 Å². The molecule has 0 spiro atoms. The third-order valence-electron chi connectivity index (χ3n) is 4.08. The number of methoxy groups -OCH3 is 1. The van der Waals surface area contributed by atoms with Crippen molar-refractivity contribution in [3.63, 3.8) is 0 Å². The van der Waals surface area contributed by atoms with E-state index in [4.69, 9.17) is 5.73 Å². The smallest absolute Gasteiger partial charge is 0.322 e. The number of ether oxygens (including phenoxy) is 1. The summed E-state index contributed by atoms with van der Waals surface area (Å²) in [5.74, 6) is -0.357. The van der Waals surface area contributed by atoms with Gasteiger partial charge >= 0.3 is 5.97 Å². The molecule has 0 saturated heterocycles. The Morgan fingerprint density at radius 1 is 1.00 bits per heavy atom. The lowest BCUT2D eigenvalue weighted by Crippen LogP contribution is -2.34. The molecule has 3 heteroatoms. The molecule has 100 valence electrons. The zero-order valence-electron chi connectivity index (χ0n) is 12.2. The van der Waals surface area contributed by atoms with Gasteiger partial charge in [-0.1, -0.05) is 0 Å². The fraction of sp³-hybridized carbons (Fsp3) is 0.533. The number of nitrogens with two attached hydrogens (primary N) is 1. The Bertz CT molecular complexity index is 449. The summed E-state index contributed by atoms with van der Waals surface area (Å²) in [7, 11) is 1.37. The second-order valence-electron chi connectivity index (χ2n) is 4.94. The average molecular weight is 249 g/mol. The maximum absolute atomic E-state index is 11.4. The van der Waals surface area contributed by atoms with E-state index < -0.39 is 6.04 Å². The first-order valence-electron chi connectivity index (χ1n) is 6.20. The Hall–Kier alpha value is -1.35. The Kier molecular flexibility index (Phi) is 4.52. The molecule has 0 amide bonds. The molecule has 1 aromatic rings. The lowest BCUT2D eigenvalue weighted by atomic mass is 9.87. The summed E-state index contributed by atoms with van der Waals surface area (Å²) in [6.45, 7) is 10.5. The monoisotopic (exact) mass is 249 g/mol. The van der Waals surface area contributed by atoms with Crippen LogP contribution in [0.1, 0.15) is 33.4 Å². The zero-order chi connectivity index (χ0) is 14.0. The number of hydrogen-bond acceptors (Lipinski definition) is 3. The van der Waals surface area contributed by atoms with Crippen LogP contribution in [0.2, 0.25) is 0 Å². The molecule has 0 aliphatic carbocycles. The first-order chi connectivity index (χ1) is 8.31. The van der Waals surface area contributed by atoms with Crippen molar-refractivity contribution in [1.29, 1.82) is 0 Å². The Balaban J connectivity index is 3.22. The molecule has 1 atom stereocenters. The van der Waals surface area contributed by atoms with Gasteiger partial charge in [0.15, 0.2) is 0 Å². The Morgan fingerprint density at radius 2 is 1.39 bits per heavy atom. The predicted octanol–water partition coefficient (Wildman–Crippen LogP) is 2.27. The third kappa shape index (κ3) is 2.56. The number of carbonyl (C=O) groups is 1. The Labute approximate surface area is 109 Å². The highest BCUT2D eigenvalue weighted by Crippen LogP contribution is 2.26. The van der Waals surface area contributed by atoms with Gasteiger partial charge in [0, 0.05) is 0 Å². The number of hydrogen-bond donors (Lipinski definition) is 1. The molecule has 1 rings (SSSR count). The molecule has 0 fully saturated rings. The summed E-state index contributed by atoms with van der Waals surface area (Å²) in [5.41, 5.74) is 13.4. The summed E-state index contributed by atoms with van der Waals surface area (Å²) in [4.78, 5) is 11.4. The molecule has 0 heterocycles. The van der Waals surface area contributed by atoms with Gasteiger partial charge in [0.2, 0.25) is 0 Å². The largest absolute Gasteiger partial charge is 0.468 e. The van der Waals surface area contributed by atoms with Crippen molar-refractivity contribution in [3.05, 3.63) is 33.4 Å². The van der Waals surface area contributed by atoms with Gasteiger partial charge in [0.25, 0.3) is 0 Å². The minimum absolute atomic E-state index is 0.357. The van der Waals surface area contributed by atoms with Gasteiger partial charge in [-0.05, 0) is 74.4 Å². The third-order valence-corrected chi connectivity index (χ3v) is 4.08. The number of esters is 1. The first kappa shape index (κ1) is 14.7. The molecule has 2 N–H and O–H groups in total. The van der Waals surface area contributed by atoms with Crippen LogP contribution in [0.4, 0.5) is 0 Å². The first-order valence-corrected chi connectivity index (χ1v) is 6.20. The molecule has 0 aromatic heterocycles. The fourth-order valence-electron chi connectivity index (χ4n) is 2.34. The van der Waals surface area contributed by atoms with E-state index in [1.54, 1.807) is 0 Å². The van der Waals surface area contributed by atoms with Crippen molar-refractivity contribution in [2.45, 2.75) is 47.1 Å². The van der Waals surface area contributed by atoms with Crippen LogP contribution in [0, 0.1) is 34.6 Å². The van der Waals surface area contributed by atoms with Crippen LogP contribution in [0.5, 0.6) is 0 Å². The van der Waals surface area contributed by atoms with Crippen LogP contribution in [-0.4, -0.2) is 19.1 Å². The normalized spacial score (nSPS) is 12.4. The lowest BCUT2D eigenvalue weighted by Gasteiger charge is -2.20. The van der Waals surface area contributed by atoms with Crippen molar-refractivity contribution in [2.75, 3.05) is 7.11 Å². The minimum Gasteiger partial charge on any atom is -0.468 e. The molecule has 0 saturated carbocycles. The highest BCUT2D eigenvalue weighted by molar-refractivity contribution is 5.76. The van der Waals surface area contributed by atoms with Crippen molar-refractivity contribution in [3.8, 4) is 0 Å². The minimum atomic E-state index is -0.589. The maximum Gasteiger partial charge on any atom is 0.322 e. The fourth-order valence-corrected chi connectivity index (χ4v) is 2.34. The van der Waals surface area contributed by atoms with Crippen LogP contribution < -0.4 is 5.73 Å². The van der Waals surface area contributed by atoms with Gasteiger partial charge in [-0.2, -0.15) is 0 Å². The number of rotatable bonds is 3. The maximum atomic E-state index is 11.4. The summed E-state index contributed by atoms with van der Waals surface area (Å²) in [6.07, 6.45) is 0.534. The van der Waals surface area contributed by atoms with Gasteiger partial charge in [0.1, 0.15) is 6.04 Å². The van der Waals surface area contributed by atoms with Gasteiger partial charge in [0.05, 0.1) is 7.11 Å². The van der Waals surface area contributed by atoms with Crippen molar-refractivity contribution < 1.29 is 9.53 Å². The molecule has 0 radical (unpaired) electrons. The SMILES string of the molecule is COC(=O)[C@H](N)Cc1c(C)c(C)c(C)c(C)c1C. The molecule has 0 bridgehead atoms. The van der Waals surface area contributed by atoms with Crippen LogP contribution in [0.15, 0.2) is 0 Å². The van der Waals surface area contributed by atoms with Crippen LogP contribution in [0.3, 0.4) is 0 Å². The zero-order valence-corrected chi connectivity index (χ0v) is 12.2. The summed E-state index contributed by atoms with van der Waals surface area (Å²) >= 11 is 0. The van der Waals surface area contributed by atoms with E-state index in [0.717, 1.165) is 0 Å². The molecule has 0 aliphatic heterocycles. The summed E-state index contributed by atoms with van der Waals surface area (Å²) < 4.78 is 4.68. The second-order valence-corrected chi connectivity index (χ2v) is 4.94. The summed E-state index contributed by atoms with van der Waals surface area (Å²) in [5, 5.41) is 0. The highest BCUT2D eigenvalue weighted by Gasteiger charge is 2.19. The van der Waals surface area contributed by atoms with Crippen LogP contribution in [0.25, 0.3) is 0 Å². The van der Waals surface area contributed by atoms with Gasteiger partial charge in [-0.15, -0.1) is 0 Å². The second kappa shape index (κ2) is 5.53. The molecule has 3 nitrogen and oxygen atoms in total. The molecule has 0 unspecified atom stereocenters. The molecule has 0 aliphatic rings. The van der Waals surface area contributed by atoms with Gasteiger partial charge < -0.3 is 10.5 Å². The van der Waals surface area contributed by atoms with E-state index in [1.807, 2.05) is 0 Å². The van der Waals surface area contributed by atoms with Crippen LogP contribution >= 0.6 is 0 Å². The van der Waals surface area contributed by atoms with Gasteiger partial charge in [-0.25, -0.2) is 0 Å². The summed E-state index contributed by atoms with van der Waals surface area (Å²) in [6, 6.07) is -0.589. The van der Waals surface area contributed by atoms with E-state index in [0.29, 0.717) is 6.42 Å². The predicted molar refractivity (Wildman–Crippen MR) is 73.8 cm³/mol. The van der Waals surface area contributed by atoms with Crippen LogP contribution in [-0.2, 0) is 16.0 Å².